The number of carbonyl (C=O) groups is 1. The third kappa shape index (κ3) is 5.96. The SMILES string of the molecule is O=C(CCl)Cc1cc(I)cc(SC(F)(F)F)c1. The summed E-state index contributed by atoms with van der Waals surface area (Å²) in [6, 6.07) is 4.46. The Kier molecular flexibility index (Phi) is 5.59. The van der Waals surface area contributed by atoms with Crippen molar-refractivity contribution in [3.63, 3.8) is 0 Å². The molecule has 1 rings (SSSR count). The second kappa shape index (κ2) is 6.29. The number of Topliss-reactive ketones (excluding diaryl/α,β-unsaturated/α-hetero) is 1. The summed E-state index contributed by atoms with van der Waals surface area (Å²) in [6.07, 6.45) is 0.0613. The van der Waals surface area contributed by atoms with Crippen LogP contribution in [-0.2, 0) is 11.2 Å². The summed E-state index contributed by atoms with van der Waals surface area (Å²) in [4.78, 5) is 11.2. The summed E-state index contributed by atoms with van der Waals surface area (Å²) in [7, 11) is 0. The first-order valence-electron chi connectivity index (χ1n) is 4.43. The molecule has 1 aromatic rings. The molecule has 17 heavy (non-hydrogen) atoms. The number of alkyl halides is 4. The lowest BCUT2D eigenvalue weighted by Gasteiger charge is -2.08. The van der Waals surface area contributed by atoms with Gasteiger partial charge in [-0.05, 0) is 58.1 Å². The molecule has 0 saturated carbocycles. The predicted molar refractivity (Wildman–Crippen MR) is 70.5 cm³/mol. The summed E-state index contributed by atoms with van der Waals surface area (Å²) in [5.74, 6) is -0.343. The summed E-state index contributed by atoms with van der Waals surface area (Å²) in [6.45, 7) is 0. The van der Waals surface area contributed by atoms with Gasteiger partial charge >= 0.3 is 5.51 Å². The zero-order chi connectivity index (χ0) is 13.1. The van der Waals surface area contributed by atoms with Crippen LogP contribution in [0.5, 0.6) is 0 Å². The molecule has 1 nitrogen and oxygen atoms in total. The fraction of sp³-hybridized carbons (Fsp3) is 0.300. The molecule has 0 radical (unpaired) electrons. The number of benzene rings is 1. The van der Waals surface area contributed by atoms with Crippen molar-refractivity contribution in [3.8, 4) is 0 Å². The molecule has 0 aliphatic rings. The normalized spacial score (nSPS) is 11.6. The lowest BCUT2D eigenvalue weighted by molar-refractivity contribution is -0.116. The molecular weight excluding hydrogens is 388 g/mol. The van der Waals surface area contributed by atoms with Crippen molar-refractivity contribution in [2.75, 3.05) is 5.88 Å². The molecule has 0 aromatic heterocycles. The van der Waals surface area contributed by atoms with E-state index >= 15 is 0 Å². The highest BCUT2D eigenvalue weighted by atomic mass is 127. The number of hydrogen-bond donors (Lipinski definition) is 0. The Morgan fingerprint density at radius 2 is 2.00 bits per heavy atom. The van der Waals surface area contributed by atoms with Crippen LogP contribution in [0.15, 0.2) is 23.1 Å². The molecule has 0 saturated heterocycles. The lowest BCUT2D eigenvalue weighted by Crippen LogP contribution is -2.05. The van der Waals surface area contributed by atoms with Crippen molar-refractivity contribution >= 4 is 51.7 Å². The number of hydrogen-bond acceptors (Lipinski definition) is 2. The minimum Gasteiger partial charge on any atom is -0.298 e. The Bertz CT molecular complexity index is 423. The van der Waals surface area contributed by atoms with Crippen LogP contribution in [0.25, 0.3) is 0 Å². The van der Waals surface area contributed by atoms with Crippen LogP contribution in [-0.4, -0.2) is 17.2 Å². The zero-order valence-corrected chi connectivity index (χ0v) is 12.1. The van der Waals surface area contributed by atoms with Gasteiger partial charge in [0, 0.05) is 14.9 Å². The van der Waals surface area contributed by atoms with Crippen LogP contribution in [0.3, 0.4) is 0 Å². The van der Waals surface area contributed by atoms with Gasteiger partial charge in [-0.1, -0.05) is 0 Å². The van der Waals surface area contributed by atoms with Gasteiger partial charge < -0.3 is 0 Å². The summed E-state index contributed by atoms with van der Waals surface area (Å²) in [5.41, 5.74) is -3.77. The summed E-state index contributed by atoms with van der Waals surface area (Å²) in [5, 5.41) is 0. The first kappa shape index (κ1) is 15.1. The molecule has 0 heterocycles. The van der Waals surface area contributed by atoms with Crippen molar-refractivity contribution in [1.82, 2.24) is 0 Å². The predicted octanol–water partition coefficient (Wildman–Crippen LogP) is 4.25. The smallest absolute Gasteiger partial charge is 0.298 e. The van der Waals surface area contributed by atoms with Gasteiger partial charge in [-0.3, -0.25) is 4.79 Å². The van der Waals surface area contributed by atoms with E-state index in [9.17, 15) is 18.0 Å². The Hall–Kier alpha value is 0.0500. The third-order valence-corrected chi connectivity index (χ3v) is 3.34. The Balaban J connectivity index is 2.90. The van der Waals surface area contributed by atoms with Gasteiger partial charge in [-0.15, -0.1) is 11.6 Å². The number of carbonyl (C=O) groups excluding carboxylic acids is 1. The lowest BCUT2D eigenvalue weighted by atomic mass is 10.1. The minimum atomic E-state index is -4.32. The molecule has 0 atom stereocenters. The highest BCUT2D eigenvalue weighted by Crippen LogP contribution is 2.37. The van der Waals surface area contributed by atoms with E-state index in [1.807, 2.05) is 22.6 Å². The minimum absolute atomic E-state index is 0.0613. The van der Waals surface area contributed by atoms with Gasteiger partial charge in [0.2, 0.25) is 0 Å². The number of thioether (sulfide) groups is 1. The van der Waals surface area contributed by atoms with Gasteiger partial charge in [0.25, 0.3) is 0 Å². The maximum Gasteiger partial charge on any atom is 0.446 e. The van der Waals surface area contributed by atoms with Crippen LogP contribution < -0.4 is 0 Å². The van der Waals surface area contributed by atoms with Gasteiger partial charge in [0.15, 0.2) is 5.78 Å². The fourth-order valence-corrected chi connectivity index (χ4v) is 2.90. The molecule has 0 bridgehead atoms. The molecule has 0 amide bonds. The molecule has 0 fully saturated rings. The van der Waals surface area contributed by atoms with Crippen molar-refractivity contribution in [1.29, 1.82) is 0 Å². The number of rotatable bonds is 4. The van der Waals surface area contributed by atoms with Crippen molar-refractivity contribution in [3.05, 3.63) is 27.3 Å². The second-order valence-electron chi connectivity index (χ2n) is 3.19. The molecular formula is C10H7ClF3IOS. The van der Waals surface area contributed by atoms with E-state index in [1.54, 1.807) is 6.07 Å². The maximum atomic E-state index is 12.2. The fourth-order valence-electron chi connectivity index (χ4n) is 1.19. The van der Waals surface area contributed by atoms with E-state index in [1.165, 1.54) is 12.1 Å². The topological polar surface area (TPSA) is 17.1 Å². The van der Waals surface area contributed by atoms with E-state index < -0.39 is 5.51 Å². The summed E-state index contributed by atoms with van der Waals surface area (Å²) >= 11 is 7.08. The van der Waals surface area contributed by atoms with Gasteiger partial charge in [0.05, 0.1) is 5.88 Å². The van der Waals surface area contributed by atoms with Crippen LogP contribution in [0.1, 0.15) is 5.56 Å². The molecule has 0 unspecified atom stereocenters. The highest BCUT2D eigenvalue weighted by molar-refractivity contribution is 14.1. The first-order valence-corrected chi connectivity index (χ1v) is 6.86. The molecule has 0 aliphatic carbocycles. The van der Waals surface area contributed by atoms with Crippen LogP contribution in [0, 0.1) is 3.57 Å². The van der Waals surface area contributed by atoms with Crippen molar-refractivity contribution in [2.24, 2.45) is 0 Å². The molecule has 0 N–H and O–H groups in total. The van der Waals surface area contributed by atoms with Crippen molar-refractivity contribution < 1.29 is 18.0 Å². The Morgan fingerprint density at radius 3 is 2.53 bits per heavy atom. The monoisotopic (exact) mass is 394 g/mol. The van der Waals surface area contributed by atoms with E-state index in [-0.39, 0.29) is 34.7 Å². The van der Waals surface area contributed by atoms with Gasteiger partial charge in [0.1, 0.15) is 0 Å². The summed E-state index contributed by atoms with van der Waals surface area (Å²) < 4.78 is 37.3. The highest BCUT2D eigenvalue weighted by Gasteiger charge is 2.29. The van der Waals surface area contributed by atoms with Gasteiger partial charge in [-0.2, -0.15) is 13.2 Å². The zero-order valence-electron chi connectivity index (χ0n) is 8.35. The van der Waals surface area contributed by atoms with Crippen LogP contribution >= 0.6 is 46.0 Å². The standard InChI is InChI=1S/C10H7ClF3IOS/c11-5-8(16)2-6-1-7(15)4-9(3-6)17-10(12,13)14/h1,3-4H,2,5H2. The molecule has 0 aliphatic heterocycles. The van der Waals surface area contributed by atoms with E-state index in [2.05, 4.69) is 0 Å². The molecule has 94 valence electrons. The first-order chi connectivity index (χ1) is 7.80. The van der Waals surface area contributed by atoms with E-state index in [0.29, 0.717) is 9.13 Å². The second-order valence-corrected chi connectivity index (χ2v) is 5.84. The average molecular weight is 395 g/mol. The Labute approximate surface area is 119 Å². The van der Waals surface area contributed by atoms with Gasteiger partial charge in [-0.25, -0.2) is 0 Å². The number of halogens is 5. The quantitative estimate of drug-likeness (QED) is 0.431. The van der Waals surface area contributed by atoms with E-state index in [0.717, 1.165) is 0 Å². The maximum absolute atomic E-state index is 12.2. The third-order valence-electron chi connectivity index (χ3n) is 1.72. The van der Waals surface area contributed by atoms with Crippen LogP contribution in [0.4, 0.5) is 13.2 Å². The number of ketones is 1. The van der Waals surface area contributed by atoms with E-state index in [4.69, 9.17) is 11.6 Å². The van der Waals surface area contributed by atoms with Crippen LogP contribution in [0.2, 0.25) is 0 Å². The van der Waals surface area contributed by atoms with Crippen molar-refractivity contribution in [2.45, 2.75) is 16.8 Å². The molecule has 7 heteroatoms. The molecule has 0 spiro atoms. The molecule has 1 aromatic carbocycles. The Morgan fingerprint density at radius 1 is 1.35 bits per heavy atom. The largest absolute Gasteiger partial charge is 0.446 e. The average Bonchev–Trinajstić information content (AvgIpc) is 2.13.